The van der Waals surface area contributed by atoms with E-state index in [9.17, 15) is 9.59 Å². The summed E-state index contributed by atoms with van der Waals surface area (Å²) in [6.45, 7) is 1.74. The van der Waals surface area contributed by atoms with Gasteiger partial charge in [0.15, 0.2) is 6.04 Å². The molecule has 0 aliphatic heterocycles. The highest BCUT2D eigenvalue weighted by Crippen LogP contribution is 1.97. The maximum absolute atomic E-state index is 10.6. The van der Waals surface area contributed by atoms with Gasteiger partial charge in [-0.05, 0) is 6.42 Å². The van der Waals surface area contributed by atoms with Crippen LogP contribution in [-0.4, -0.2) is 25.2 Å². The molecule has 0 bridgehead atoms. The first kappa shape index (κ1) is 8.85. The van der Waals surface area contributed by atoms with Crippen LogP contribution in [0.2, 0.25) is 0 Å². The monoisotopic (exact) mass is 143 g/mol. The van der Waals surface area contributed by atoms with E-state index >= 15 is 0 Å². The SMILES string of the molecule is CC[C@H](N=C=O)C(=O)OC. The number of carbonyl (C=O) groups is 1. The van der Waals surface area contributed by atoms with Gasteiger partial charge in [-0.3, -0.25) is 0 Å². The van der Waals surface area contributed by atoms with E-state index in [-0.39, 0.29) is 0 Å². The molecule has 0 aromatic heterocycles. The molecule has 10 heavy (non-hydrogen) atoms. The standard InChI is InChI=1S/C6H9NO3/c1-3-5(7-4-8)6(9)10-2/h5H,3H2,1-2H3/t5-/m0/s1. The Balaban J connectivity index is 4.05. The fourth-order valence-electron chi connectivity index (χ4n) is 0.510. The molecule has 0 amide bonds. The molecule has 0 rings (SSSR count). The lowest BCUT2D eigenvalue weighted by Crippen LogP contribution is -2.18. The van der Waals surface area contributed by atoms with Crippen LogP contribution in [0.15, 0.2) is 4.99 Å². The van der Waals surface area contributed by atoms with Crippen molar-refractivity contribution in [2.75, 3.05) is 7.11 Å². The average Bonchev–Trinajstić information content (AvgIpc) is 1.99. The number of nitrogens with zero attached hydrogens (tertiary/aromatic N) is 1. The summed E-state index contributed by atoms with van der Waals surface area (Å²) in [7, 11) is 1.26. The predicted molar refractivity (Wildman–Crippen MR) is 34.2 cm³/mol. The van der Waals surface area contributed by atoms with Gasteiger partial charge in [-0.1, -0.05) is 6.92 Å². The summed E-state index contributed by atoms with van der Waals surface area (Å²) >= 11 is 0. The van der Waals surface area contributed by atoms with Crippen LogP contribution < -0.4 is 0 Å². The third kappa shape index (κ3) is 2.42. The van der Waals surface area contributed by atoms with E-state index < -0.39 is 12.0 Å². The summed E-state index contributed by atoms with van der Waals surface area (Å²) in [6, 6.07) is -0.678. The molecule has 0 spiro atoms. The zero-order valence-corrected chi connectivity index (χ0v) is 5.96. The topological polar surface area (TPSA) is 55.7 Å². The normalized spacial score (nSPS) is 11.4. The molecule has 0 aromatic rings. The second kappa shape index (κ2) is 4.70. The summed E-state index contributed by atoms with van der Waals surface area (Å²) in [5.41, 5.74) is 0. The smallest absolute Gasteiger partial charge is 0.331 e. The second-order valence-corrected chi connectivity index (χ2v) is 1.67. The summed E-state index contributed by atoms with van der Waals surface area (Å²) in [5.74, 6) is -0.495. The lowest BCUT2D eigenvalue weighted by atomic mass is 10.2. The maximum atomic E-state index is 10.6. The lowest BCUT2D eigenvalue weighted by Gasteiger charge is -2.02. The molecule has 0 fully saturated rings. The number of rotatable bonds is 3. The molecule has 56 valence electrons. The number of hydrogen-bond acceptors (Lipinski definition) is 4. The van der Waals surface area contributed by atoms with E-state index in [1.54, 1.807) is 6.92 Å². The Hall–Kier alpha value is -1.15. The first-order valence-electron chi connectivity index (χ1n) is 2.91. The second-order valence-electron chi connectivity index (χ2n) is 1.67. The van der Waals surface area contributed by atoms with Crippen molar-refractivity contribution in [3.63, 3.8) is 0 Å². The average molecular weight is 143 g/mol. The van der Waals surface area contributed by atoms with Crippen molar-refractivity contribution in [3.05, 3.63) is 0 Å². The first-order chi connectivity index (χ1) is 4.76. The van der Waals surface area contributed by atoms with Gasteiger partial charge in [0, 0.05) is 0 Å². The van der Waals surface area contributed by atoms with Crippen molar-refractivity contribution in [1.29, 1.82) is 0 Å². The molecule has 0 aliphatic rings. The van der Waals surface area contributed by atoms with Gasteiger partial charge in [0.25, 0.3) is 0 Å². The van der Waals surface area contributed by atoms with Gasteiger partial charge >= 0.3 is 5.97 Å². The zero-order chi connectivity index (χ0) is 7.98. The minimum Gasteiger partial charge on any atom is -0.467 e. The molecule has 0 saturated heterocycles. The van der Waals surface area contributed by atoms with Crippen LogP contribution >= 0.6 is 0 Å². The highest BCUT2D eigenvalue weighted by atomic mass is 16.5. The summed E-state index contributed by atoms with van der Waals surface area (Å²) in [4.78, 5) is 23.6. The molecule has 0 aromatic carbocycles. The molecule has 0 N–H and O–H groups in total. The highest BCUT2D eigenvalue weighted by Gasteiger charge is 2.14. The quantitative estimate of drug-likeness (QED) is 0.324. The van der Waals surface area contributed by atoms with Gasteiger partial charge in [-0.2, -0.15) is 4.99 Å². The van der Waals surface area contributed by atoms with Crippen LogP contribution in [0.25, 0.3) is 0 Å². The summed E-state index contributed by atoms with van der Waals surface area (Å²) < 4.78 is 4.34. The van der Waals surface area contributed by atoms with Crippen molar-refractivity contribution in [2.24, 2.45) is 4.99 Å². The molecule has 0 saturated carbocycles. The summed E-state index contributed by atoms with van der Waals surface area (Å²) in [6.07, 6.45) is 1.77. The van der Waals surface area contributed by atoms with Crippen molar-refractivity contribution in [1.82, 2.24) is 0 Å². The Labute approximate surface area is 58.9 Å². The number of carbonyl (C=O) groups excluding carboxylic acids is 2. The molecule has 4 nitrogen and oxygen atoms in total. The number of ether oxygens (including phenoxy) is 1. The molecule has 0 radical (unpaired) electrons. The minimum atomic E-state index is -0.678. The molecular formula is C6H9NO3. The van der Waals surface area contributed by atoms with Crippen molar-refractivity contribution in [3.8, 4) is 0 Å². The molecule has 1 atom stereocenters. The minimum absolute atomic E-state index is 0.460. The van der Waals surface area contributed by atoms with Crippen molar-refractivity contribution < 1.29 is 14.3 Å². The molecule has 0 aliphatic carbocycles. The van der Waals surface area contributed by atoms with Crippen LogP contribution in [0.5, 0.6) is 0 Å². The predicted octanol–water partition coefficient (Wildman–Crippen LogP) is 0.274. The molecule has 0 unspecified atom stereocenters. The number of aliphatic imine (C=N–C) groups is 1. The Bertz CT molecular complexity index is 160. The van der Waals surface area contributed by atoms with E-state index in [1.807, 2.05) is 0 Å². The molecule has 4 heteroatoms. The van der Waals surface area contributed by atoms with Crippen LogP contribution in [0, 0.1) is 0 Å². The Morgan fingerprint density at radius 3 is 2.70 bits per heavy atom. The fraction of sp³-hybridized carbons (Fsp3) is 0.667. The summed E-state index contributed by atoms with van der Waals surface area (Å²) in [5, 5.41) is 0. The van der Waals surface area contributed by atoms with Crippen LogP contribution in [0.1, 0.15) is 13.3 Å². The fourth-order valence-corrected chi connectivity index (χ4v) is 0.510. The van der Waals surface area contributed by atoms with Gasteiger partial charge in [0.05, 0.1) is 7.11 Å². The molecule has 0 heterocycles. The molecular weight excluding hydrogens is 134 g/mol. The van der Waals surface area contributed by atoms with Gasteiger partial charge in [-0.25, -0.2) is 9.59 Å². The lowest BCUT2D eigenvalue weighted by molar-refractivity contribution is -0.142. The number of methoxy groups -OCH3 is 1. The Kier molecular flexibility index (Phi) is 4.16. The number of isocyanates is 1. The third-order valence-corrected chi connectivity index (χ3v) is 1.07. The van der Waals surface area contributed by atoms with E-state index in [0.29, 0.717) is 6.42 Å². The van der Waals surface area contributed by atoms with E-state index in [0.717, 1.165) is 0 Å². The Morgan fingerprint density at radius 2 is 2.40 bits per heavy atom. The van der Waals surface area contributed by atoms with Gasteiger partial charge < -0.3 is 4.74 Å². The Morgan fingerprint density at radius 1 is 1.80 bits per heavy atom. The van der Waals surface area contributed by atoms with Crippen LogP contribution in [0.4, 0.5) is 0 Å². The largest absolute Gasteiger partial charge is 0.467 e. The number of esters is 1. The highest BCUT2D eigenvalue weighted by molar-refractivity contribution is 5.76. The van der Waals surface area contributed by atoms with Gasteiger partial charge in [-0.15, -0.1) is 0 Å². The van der Waals surface area contributed by atoms with Gasteiger partial charge in [0.2, 0.25) is 6.08 Å². The van der Waals surface area contributed by atoms with E-state index in [2.05, 4.69) is 9.73 Å². The van der Waals surface area contributed by atoms with E-state index in [1.165, 1.54) is 13.2 Å². The van der Waals surface area contributed by atoms with Crippen LogP contribution in [0.3, 0.4) is 0 Å². The van der Waals surface area contributed by atoms with Crippen molar-refractivity contribution in [2.45, 2.75) is 19.4 Å². The third-order valence-electron chi connectivity index (χ3n) is 1.07. The van der Waals surface area contributed by atoms with E-state index in [4.69, 9.17) is 0 Å². The van der Waals surface area contributed by atoms with Crippen molar-refractivity contribution >= 4 is 12.0 Å². The maximum Gasteiger partial charge on any atom is 0.331 e. The van der Waals surface area contributed by atoms with Gasteiger partial charge in [0.1, 0.15) is 0 Å². The van der Waals surface area contributed by atoms with Crippen LogP contribution in [-0.2, 0) is 14.3 Å². The zero-order valence-electron chi connectivity index (χ0n) is 5.96. The first-order valence-corrected chi connectivity index (χ1v) is 2.91. The number of hydrogen-bond donors (Lipinski definition) is 0.